The van der Waals surface area contributed by atoms with Crippen molar-refractivity contribution in [2.24, 2.45) is 0 Å². The predicted molar refractivity (Wildman–Crippen MR) is 63.6 cm³/mol. The fourth-order valence-corrected chi connectivity index (χ4v) is 1.44. The fraction of sp³-hybridized carbons (Fsp3) is 0.167. The average Bonchev–Trinajstić information content (AvgIpc) is 2.83. The van der Waals surface area contributed by atoms with Crippen LogP contribution in [0.4, 0.5) is 0 Å². The number of carbonyl (C=O) groups excluding carboxylic acids is 1. The number of oxazole rings is 1. The van der Waals surface area contributed by atoms with Crippen molar-refractivity contribution in [3.63, 3.8) is 0 Å². The summed E-state index contributed by atoms with van der Waals surface area (Å²) in [5.74, 6) is -1.31. The van der Waals surface area contributed by atoms with E-state index in [9.17, 15) is 9.59 Å². The van der Waals surface area contributed by atoms with Crippen LogP contribution < -0.4 is 5.32 Å². The summed E-state index contributed by atoms with van der Waals surface area (Å²) < 4.78 is 4.95. The lowest BCUT2D eigenvalue weighted by molar-refractivity contribution is 0.0690. The van der Waals surface area contributed by atoms with E-state index in [1.54, 1.807) is 13.0 Å². The molecular formula is C12H11N3O4. The molecule has 0 aliphatic heterocycles. The number of nitrogens with zero attached hydrogens (tertiary/aromatic N) is 2. The van der Waals surface area contributed by atoms with Crippen molar-refractivity contribution in [3.8, 4) is 0 Å². The topological polar surface area (TPSA) is 105 Å². The molecule has 0 saturated heterocycles. The van der Waals surface area contributed by atoms with E-state index in [1.165, 1.54) is 18.7 Å². The molecule has 1 amide bonds. The summed E-state index contributed by atoms with van der Waals surface area (Å²) in [5.41, 5.74) is 1.16. The maximum Gasteiger partial charge on any atom is 0.354 e. The van der Waals surface area contributed by atoms with E-state index in [1.807, 2.05) is 0 Å². The highest BCUT2D eigenvalue weighted by Crippen LogP contribution is 2.05. The third kappa shape index (κ3) is 2.95. The first-order chi connectivity index (χ1) is 9.08. The molecule has 0 fully saturated rings. The van der Waals surface area contributed by atoms with E-state index in [0.717, 1.165) is 0 Å². The number of carbonyl (C=O) groups is 2. The number of aromatic nitrogens is 2. The molecule has 0 aliphatic carbocycles. The lowest BCUT2D eigenvalue weighted by atomic mass is 10.2. The van der Waals surface area contributed by atoms with Crippen molar-refractivity contribution in [1.29, 1.82) is 0 Å². The highest BCUT2D eigenvalue weighted by molar-refractivity contribution is 5.92. The van der Waals surface area contributed by atoms with E-state index >= 15 is 0 Å². The summed E-state index contributed by atoms with van der Waals surface area (Å²) in [4.78, 5) is 29.9. The van der Waals surface area contributed by atoms with Crippen molar-refractivity contribution in [1.82, 2.24) is 15.3 Å². The van der Waals surface area contributed by atoms with E-state index in [2.05, 4.69) is 15.3 Å². The number of nitrogens with one attached hydrogen (secondary N) is 1. The molecule has 7 heteroatoms. The summed E-state index contributed by atoms with van der Waals surface area (Å²) in [5, 5.41) is 11.3. The van der Waals surface area contributed by atoms with Crippen molar-refractivity contribution >= 4 is 11.9 Å². The van der Waals surface area contributed by atoms with Crippen LogP contribution in [0.25, 0.3) is 0 Å². The molecule has 7 nitrogen and oxygen atoms in total. The highest BCUT2D eigenvalue weighted by atomic mass is 16.4. The van der Waals surface area contributed by atoms with E-state index < -0.39 is 5.97 Å². The molecule has 0 spiro atoms. The number of aromatic carboxylic acids is 1. The Morgan fingerprint density at radius 3 is 2.68 bits per heavy atom. The van der Waals surface area contributed by atoms with Crippen LogP contribution in [0, 0.1) is 6.92 Å². The molecule has 0 unspecified atom stereocenters. The van der Waals surface area contributed by atoms with Crippen molar-refractivity contribution in [2.45, 2.75) is 13.5 Å². The maximum atomic E-state index is 11.7. The van der Waals surface area contributed by atoms with Crippen LogP contribution in [-0.4, -0.2) is 27.0 Å². The van der Waals surface area contributed by atoms with Gasteiger partial charge in [0.1, 0.15) is 5.69 Å². The molecule has 2 aromatic heterocycles. The monoisotopic (exact) mass is 261 g/mol. The molecule has 0 bridgehead atoms. The highest BCUT2D eigenvalue weighted by Gasteiger charge is 2.13. The molecule has 2 heterocycles. The summed E-state index contributed by atoms with van der Waals surface area (Å²) >= 11 is 0. The Morgan fingerprint density at radius 2 is 2.16 bits per heavy atom. The molecule has 2 aromatic rings. The second-order valence-corrected chi connectivity index (χ2v) is 3.81. The zero-order valence-corrected chi connectivity index (χ0v) is 10.1. The minimum atomic E-state index is -1.09. The third-order valence-corrected chi connectivity index (χ3v) is 2.45. The van der Waals surface area contributed by atoms with Crippen LogP contribution in [0.15, 0.2) is 29.1 Å². The van der Waals surface area contributed by atoms with Gasteiger partial charge in [-0.25, -0.2) is 14.8 Å². The molecule has 98 valence electrons. The normalized spacial score (nSPS) is 10.2. The second kappa shape index (κ2) is 5.30. The minimum absolute atomic E-state index is 0.0406. The molecular weight excluding hydrogens is 250 g/mol. The summed E-state index contributed by atoms with van der Waals surface area (Å²) in [6, 6.07) is 2.97. The third-order valence-electron chi connectivity index (χ3n) is 2.45. The van der Waals surface area contributed by atoms with Crippen LogP contribution in [0.1, 0.15) is 32.3 Å². The van der Waals surface area contributed by atoms with Gasteiger partial charge in [-0.3, -0.25) is 4.79 Å². The summed E-state index contributed by atoms with van der Waals surface area (Å²) in [6.07, 6.45) is 2.60. The van der Waals surface area contributed by atoms with Crippen LogP contribution in [-0.2, 0) is 6.54 Å². The first-order valence-corrected chi connectivity index (χ1v) is 5.44. The van der Waals surface area contributed by atoms with Gasteiger partial charge in [-0.05, 0) is 18.6 Å². The van der Waals surface area contributed by atoms with Crippen molar-refractivity contribution < 1.29 is 19.1 Å². The second-order valence-electron chi connectivity index (χ2n) is 3.81. The SMILES string of the molecule is Cc1ncoc1C(=O)NCc1ccc(C(=O)O)nc1. The number of carboxylic acid groups (broad SMARTS) is 1. The van der Waals surface area contributed by atoms with Crippen LogP contribution in [0.3, 0.4) is 0 Å². The number of hydrogen-bond donors (Lipinski definition) is 2. The summed E-state index contributed by atoms with van der Waals surface area (Å²) in [6.45, 7) is 1.90. The van der Waals surface area contributed by atoms with Crippen molar-refractivity contribution in [2.75, 3.05) is 0 Å². The lowest BCUT2D eigenvalue weighted by Crippen LogP contribution is -2.23. The molecule has 2 N–H and O–H groups in total. The molecule has 19 heavy (non-hydrogen) atoms. The Morgan fingerprint density at radius 1 is 1.37 bits per heavy atom. The Bertz CT molecular complexity index is 604. The minimum Gasteiger partial charge on any atom is -0.477 e. The molecule has 0 aromatic carbocycles. The Labute approximate surface area is 108 Å². The van der Waals surface area contributed by atoms with Gasteiger partial charge < -0.3 is 14.8 Å². The largest absolute Gasteiger partial charge is 0.477 e. The fourth-order valence-electron chi connectivity index (χ4n) is 1.44. The number of hydrogen-bond acceptors (Lipinski definition) is 5. The standard InChI is InChI=1S/C12H11N3O4/c1-7-10(19-6-15-7)11(16)14-5-8-2-3-9(12(17)18)13-4-8/h2-4,6H,5H2,1H3,(H,14,16)(H,17,18). The van der Waals surface area contributed by atoms with Crippen LogP contribution >= 0.6 is 0 Å². The first-order valence-electron chi connectivity index (χ1n) is 5.44. The van der Waals surface area contributed by atoms with Gasteiger partial charge in [-0.1, -0.05) is 6.07 Å². The molecule has 0 saturated carbocycles. The molecule has 0 aliphatic rings. The van der Waals surface area contributed by atoms with Gasteiger partial charge in [-0.2, -0.15) is 0 Å². The molecule has 0 atom stereocenters. The van der Waals surface area contributed by atoms with Gasteiger partial charge in [0.2, 0.25) is 5.76 Å². The number of rotatable bonds is 4. The number of amides is 1. The predicted octanol–water partition coefficient (Wildman–Crippen LogP) is 1.01. The van der Waals surface area contributed by atoms with Gasteiger partial charge in [0.25, 0.3) is 5.91 Å². The quantitative estimate of drug-likeness (QED) is 0.850. The zero-order chi connectivity index (χ0) is 13.8. The first kappa shape index (κ1) is 12.7. The number of aryl methyl sites for hydroxylation is 1. The lowest BCUT2D eigenvalue weighted by Gasteiger charge is -2.03. The van der Waals surface area contributed by atoms with E-state index in [-0.39, 0.29) is 23.9 Å². The van der Waals surface area contributed by atoms with Gasteiger partial charge in [0.05, 0.1) is 5.69 Å². The zero-order valence-electron chi connectivity index (χ0n) is 10.1. The van der Waals surface area contributed by atoms with E-state index in [4.69, 9.17) is 9.52 Å². The number of carboxylic acids is 1. The molecule has 0 radical (unpaired) electrons. The van der Waals surface area contributed by atoms with Crippen LogP contribution in [0.5, 0.6) is 0 Å². The van der Waals surface area contributed by atoms with Gasteiger partial charge in [0, 0.05) is 12.7 Å². The van der Waals surface area contributed by atoms with Gasteiger partial charge in [0.15, 0.2) is 6.39 Å². The Balaban J connectivity index is 1.97. The smallest absolute Gasteiger partial charge is 0.354 e. The Hall–Kier alpha value is -2.70. The van der Waals surface area contributed by atoms with E-state index in [0.29, 0.717) is 11.3 Å². The van der Waals surface area contributed by atoms with Crippen LogP contribution in [0.2, 0.25) is 0 Å². The summed E-state index contributed by atoms with van der Waals surface area (Å²) in [7, 11) is 0. The average molecular weight is 261 g/mol. The van der Waals surface area contributed by atoms with Crippen molar-refractivity contribution in [3.05, 3.63) is 47.4 Å². The van der Waals surface area contributed by atoms with Gasteiger partial charge >= 0.3 is 5.97 Å². The number of pyridine rings is 1. The maximum absolute atomic E-state index is 11.7. The molecule has 2 rings (SSSR count). The van der Waals surface area contributed by atoms with Gasteiger partial charge in [-0.15, -0.1) is 0 Å². The Kier molecular flexibility index (Phi) is 3.56.